The Kier molecular flexibility index (Phi) is 4.31. The Morgan fingerprint density at radius 1 is 1.55 bits per heavy atom. The van der Waals surface area contributed by atoms with Crippen molar-refractivity contribution in [2.45, 2.75) is 25.4 Å². The summed E-state index contributed by atoms with van der Waals surface area (Å²) >= 11 is 0. The normalized spacial score (nSPS) is 19.1. The molecule has 20 heavy (non-hydrogen) atoms. The maximum Gasteiger partial charge on any atom is 0.274 e. The highest BCUT2D eigenvalue weighted by Gasteiger charge is 2.26. The third kappa shape index (κ3) is 2.94. The van der Waals surface area contributed by atoms with Crippen LogP contribution in [0.25, 0.3) is 0 Å². The monoisotopic (exact) mass is 279 g/mol. The van der Waals surface area contributed by atoms with Gasteiger partial charge in [-0.05, 0) is 25.5 Å². The van der Waals surface area contributed by atoms with E-state index in [1.165, 1.54) is 12.1 Å². The van der Waals surface area contributed by atoms with Gasteiger partial charge in [0.15, 0.2) is 0 Å². The minimum atomic E-state index is -0.686. The Labute approximate surface area is 116 Å². The number of nitro benzene ring substituents is 1. The van der Waals surface area contributed by atoms with Gasteiger partial charge in [-0.25, -0.2) is 0 Å². The summed E-state index contributed by atoms with van der Waals surface area (Å²) in [5.41, 5.74) is 5.68. The second-order valence-corrected chi connectivity index (χ2v) is 4.91. The number of amides is 1. The fourth-order valence-electron chi connectivity index (χ4n) is 2.55. The summed E-state index contributed by atoms with van der Waals surface area (Å²) in [5, 5.41) is 20.4. The van der Waals surface area contributed by atoms with Gasteiger partial charge in [0.2, 0.25) is 5.91 Å². The van der Waals surface area contributed by atoms with Crippen molar-refractivity contribution in [2.75, 3.05) is 13.2 Å². The lowest BCUT2D eigenvalue weighted by Gasteiger charge is -2.22. The highest BCUT2D eigenvalue weighted by atomic mass is 16.6. The Hall–Kier alpha value is -1.99. The van der Waals surface area contributed by atoms with Crippen molar-refractivity contribution in [3.63, 3.8) is 0 Å². The molecule has 1 aliphatic rings. The summed E-state index contributed by atoms with van der Waals surface area (Å²) in [6.45, 7) is 1.24. The van der Waals surface area contributed by atoms with Crippen LogP contribution in [0.2, 0.25) is 0 Å². The Bertz CT molecular complexity index is 532. The first-order valence-corrected chi connectivity index (χ1v) is 6.45. The van der Waals surface area contributed by atoms with Crippen LogP contribution in [0.4, 0.5) is 5.69 Å². The molecule has 0 aromatic heterocycles. The van der Waals surface area contributed by atoms with Gasteiger partial charge in [0.25, 0.3) is 5.69 Å². The number of hydrogen-bond acceptors (Lipinski definition) is 5. The van der Waals surface area contributed by atoms with Crippen LogP contribution in [0, 0.1) is 10.1 Å². The van der Waals surface area contributed by atoms with E-state index in [0.717, 1.165) is 19.4 Å². The Morgan fingerprint density at radius 3 is 2.90 bits per heavy atom. The fraction of sp³-hybridized carbons (Fsp3) is 0.462. The molecule has 1 aliphatic heterocycles. The van der Waals surface area contributed by atoms with Crippen molar-refractivity contribution in [3.05, 3.63) is 39.4 Å². The lowest BCUT2D eigenvalue weighted by Crippen LogP contribution is -2.31. The molecule has 108 valence electrons. The zero-order valence-corrected chi connectivity index (χ0v) is 11.0. The zero-order valence-electron chi connectivity index (χ0n) is 11.0. The predicted molar refractivity (Wildman–Crippen MR) is 72.1 cm³/mol. The molecular formula is C13H17N3O4. The molecule has 0 spiro atoms. The molecule has 7 nitrogen and oxygen atoms in total. The second kappa shape index (κ2) is 5.98. The van der Waals surface area contributed by atoms with E-state index in [4.69, 9.17) is 5.73 Å². The summed E-state index contributed by atoms with van der Waals surface area (Å²) in [7, 11) is 0. The number of likely N-dealkylation sites (tertiary alicyclic amines) is 1. The molecule has 1 heterocycles. The minimum Gasteiger partial charge on any atom is -0.395 e. The molecule has 1 amide bonds. The van der Waals surface area contributed by atoms with Crippen molar-refractivity contribution >= 4 is 11.6 Å². The molecule has 1 fully saturated rings. The third-order valence-electron chi connectivity index (χ3n) is 3.65. The highest BCUT2D eigenvalue weighted by Crippen LogP contribution is 2.25. The van der Waals surface area contributed by atoms with Crippen molar-refractivity contribution in [3.8, 4) is 0 Å². The number of benzene rings is 1. The molecule has 0 unspecified atom stereocenters. The molecule has 7 heteroatoms. The number of aliphatic hydroxyl groups excluding tert-OH is 1. The van der Waals surface area contributed by atoms with Crippen molar-refractivity contribution in [2.24, 2.45) is 5.73 Å². The molecule has 0 radical (unpaired) electrons. The molecule has 0 bridgehead atoms. The van der Waals surface area contributed by atoms with Gasteiger partial charge in [0.1, 0.15) is 0 Å². The maximum atomic E-state index is 11.1. The van der Waals surface area contributed by atoms with Crippen molar-refractivity contribution in [1.29, 1.82) is 0 Å². The molecule has 0 aliphatic carbocycles. The van der Waals surface area contributed by atoms with E-state index in [1.54, 1.807) is 6.07 Å². The summed E-state index contributed by atoms with van der Waals surface area (Å²) < 4.78 is 0. The van der Waals surface area contributed by atoms with E-state index in [-0.39, 0.29) is 23.9 Å². The van der Waals surface area contributed by atoms with Crippen molar-refractivity contribution in [1.82, 2.24) is 4.90 Å². The molecule has 2 rings (SSSR count). The number of hydrogen-bond donors (Lipinski definition) is 2. The average Bonchev–Trinajstić information content (AvgIpc) is 2.85. The van der Waals surface area contributed by atoms with Gasteiger partial charge in [-0.2, -0.15) is 0 Å². The van der Waals surface area contributed by atoms with Crippen LogP contribution in [0.15, 0.2) is 18.2 Å². The number of aliphatic hydroxyl groups is 1. The van der Waals surface area contributed by atoms with E-state index in [0.29, 0.717) is 12.1 Å². The van der Waals surface area contributed by atoms with E-state index >= 15 is 0 Å². The SMILES string of the molecule is NC(=O)c1ccc(CN2CCC[C@@H]2CO)c([N+](=O)[O-])c1. The lowest BCUT2D eigenvalue weighted by molar-refractivity contribution is -0.385. The van der Waals surface area contributed by atoms with Gasteiger partial charge >= 0.3 is 0 Å². The van der Waals surface area contributed by atoms with Crippen LogP contribution < -0.4 is 5.73 Å². The lowest BCUT2D eigenvalue weighted by atomic mass is 10.1. The number of primary amides is 1. The van der Waals surface area contributed by atoms with Crippen molar-refractivity contribution < 1.29 is 14.8 Å². The fourth-order valence-corrected chi connectivity index (χ4v) is 2.55. The van der Waals surface area contributed by atoms with Gasteiger partial charge in [-0.3, -0.25) is 19.8 Å². The average molecular weight is 279 g/mol. The third-order valence-corrected chi connectivity index (χ3v) is 3.65. The van der Waals surface area contributed by atoms with E-state index in [9.17, 15) is 20.0 Å². The van der Waals surface area contributed by atoms with Gasteiger partial charge in [0, 0.05) is 29.8 Å². The topological polar surface area (TPSA) is 110 Å². The van der Waals surface area contributed by atoms with E-state index < -0.39 is 10.8 Å². The van der Waals surface area contributed by atoms with Crippen LogP contribution >= 0.6 is 0 Å². The van der Waals surface area contributed by atoms with Gasteiger partial charge in [-0.15, -0.1) is 0 Å². The van der Waals surface area contributed by atoms with Gasteiger partial charge in [-0.1, -0.05) is 6.07 Å². The first-order chi connectivity index (χ1) is 9.52. The number of carbonyl (C=O) groups is 1. The first-order valence-electron chi connectivity index (χ1n) is 6.45. The smallest absolute Gasteiger partial charge is 0.274 e. The quantitative estimate of drug-likeness (QED) is 0.607. The molecule has 3 N–H and O–H groups in total. The minimum absolute atomic E-state index is 0.0467. The van der Waals surface area contributed by atoms with Crippen LogP contribution in [0.3, 0.4) is 0 Å². The zero-order chi connectivity index (χ0) is 14.7. The summed E-state index contributed by atoms with van der Waals surface area (Å²) in [6.07, 6.45) is 1.86. The first kappa shape index (κ1) is 14.4. The number of nitro groups is 1. The molecule has 1 aromatic carbocycles. The standard InChI is InChI=1S/C13H17N3O4/c14-13(18)9-3-4-10(12(6-9)16(19)20)7-15-5-1-2-11(15)8-17/h3-4,6,11,17H,1-2,5,7-8H2,(H2,14,18)/t11-/m1/s1. The Morgan fingerprint density at radius 2 is 2.30 bits per heavy atom. The second-order valence-electron chi connectivity index (χ2n) is 4.91. The molecule has 0 saturated carbocycles. The highest BCUT2D eigenvalue weighted by molar-refractivity contribution is 5.93. The number of carbonyl (C=O) groups excluding carboxylic acids is 1. The van der Waals surface area contributed by atoms with Crippen LogP contribution in [0.1, 0.15) is 28.8 Å². The largest absolute Gasteiger partial charge is 0.395 e. The van der Waals surface area contributed by atoms with Gasteiger partial charge in [0.05, 0.1) is 11.5 Å². The van der Waals surface area contributed by atoms with Crippen LogP contribution in [-0.2, 0) is 6.54 Å². The van der Waals surface area contributed by atoms with E-state index in [2.05, 4.69) is 0 Å². The number of nitrogens with two attached hydrogens (primary N) is 1. The number of rotatable bonds is 5. The maximum absolute atomic E-state index is 11.1. The summed E-state index contributed by atoms with van der Waals surface area (Å²) in [6, 6.07) is 4.31. The predicted octanol–water partition coefficient (Wildman–Crippen LogP) is 0.650. The van der Waals surface area contributed by atoms with Gasteiger partial charge < -0.3 is 10.8 Å². The molecular weight excluding hydrogens is 262 g/mol. The Balaban J connectivity index is 2.27. The van der Waals surface area contributed by atoms with Crippen LogP contribution in [-0.4, -0.2) is 40.0 Å². The summed E-state index contributed by atoms with van der Waals surface area (Å²) in [5.74, 6) is -0.686. The van der Waals surface area contributed by atoms with Crippen LogP contribution in [0.5, 0.6) is 0 Å². The van der Waals surface area contributed by atoms with E-state index in [1.807, 2.05) is 4.90 Å². The molecule has 1 atom stereocenters. The molecule has 1 aromatic rings. The summed E-state index contributed by atoms with van der Waals surface area (Å²) in [4.78, 5) is 23.7. The molecule has 1 saturated heterocycles. The number of nitrogens with zero attached hydrogens (tertiary/aromatic N) is 2.